The Morgan fingerprint density at radius 1 is 1.04 bits per heavy atom. The highest BCUT2D eigenvalue weighted by atomic mass is 35.5. The molecule has 1 atom stereocenters. The lowest BCUT2D eigenvalue weighted by Gasteiger charge is -2.25. The number of carbonyl (C=O) groups is 1. The summed E-state index contributed by atoms with van der Waals surface area (Å²) in [5, 5.41) is 30.2. The Kier molecular flexibility index (Phi) is 9.57. The molecule has 1 unspecified atom stereocenters. The number of aldehydes is 1. The third-order valence-corrected chi connectivity index (χ3v) is 5.19. The number of ether oxygens (including phenoxy) is 1. The fourth-order valence-electron chi connectivity index (χ4n) is 2.82. The van der Waals surface area contributed by atoms with Gasteiger partial charge < -0.3 is 20.1 Å². The largest absolute Gasteiger partial charge is 0.507 e. The molecule has 0 saturated carbocycles. The Bertz CT molecular complexity index is 622. The minimum absolute atomic E-state index is 0.127. The van der Waals surface area contributed by atoms with Crippen molar-refractivity contribution in [1.29, 1.82) is 0 Å². The molecule has 0 saturated heterocycles. The van der Waals surface area contributed by atoms with Crippen molar-refractivity contribution in [3.63, 3.8) is 0 Å². The fourth-order valence-corrected chi connectivity index (χ4v) is 3.03. The van der Waals surface area contributed by atoms with E-state index in [9.17, 15) is 20.1 Å². The molecule has 154 valence electrons. The second-order valence-electron chi connectivity index (χ2n) is 8.11. The van der Waals surface area contributed by atoms with Gasteiger partial charge in [0.25, 0.3) is 0 Å². The number of hydrogen-bond donors (Lipinski definition) is 3. The first kappa shape index (κ1) is 23.7. The van der Waals surface area contributed by atoms with E-state index in [1.54, 1.807) is 6.92 Å². The third kappa shape index (κ3) is 6.98. The average molecular weight is 401 g/mol. The molecule has 0 heterocycles. The Morgan fingerprint density at radius 2 is 1.59 bits per heavy atom. The lowest BCUT2D eigenvalue weighted by atomic mass is 9.96. The number of halogens is 1. The number of phenols is 2. The molecule has 1 aromatic carbocycles. The molecular formula is C21H33ClO5. The summed E-state index contributed by atoms with van der Waals surface area (Å²) in [5.41, 5.74) is 0.617. The van der Waals surface area contributed by atoms with Gasteiger partial charge in [-0.25, -0.2) is 0 Å². The molecular weight excluding hydrogens is 368 g/mol. The molecule has 3 N–H and O–H groups in total. The highest BCUT2D eigenvalue weighted by molar-refractivity contribution is 6.33. The number of hydrogen-bond acceptors (Lipinski definition) is 5. The standard InChI is InChI=1S/C21H33ClO5/c1-14-16(13-23)18(24)15(19(25)17(14)22)11-9-7-5-6-8-10-12-27-20(26)21(2,3)4/h13,20,24-26H,5-12H2,1-4H3. The van der Waals surface area contributed by atoms with Gasteiger partial charge in [-0.15, -0.1) is 0 Å². The maximum atomic E-state index is 11.1. The molecule has 0 aliphatic rings. The normalized spacial score (nSPS) is 13.0. The van der Waals surface area contributed by atoms with Crippen LogP contribution in [0.3, 0.4) is 0 Å². The number of phenolic OH excluding ortho intramolecular Hbond substituents is 2. The van der Waals surface area contributed by atoms with Crippen molar-refractivity contribution >= 4 is 17.9 Å². The monoisotopic (exact) mass is 400 g/mol. The minimum atomic E-state index is -0.740. The minimum Gasteiger partial charge on any atom is -0.507 e. The van der Waals surface area contributed by atoms with E-state index < -0.39 is 6.29 Å². The lowest BCUT2D eigenvalue weighted by Crippen LogP contribution is -2.29. The molecule has 0 aliphatic heterocycles. The van der Waals surface area contributed by atoms with Crippen LogP contribution in [0.5, 0.6) is 11.5 Å². The van der Waals surface area contributed by atoms with Crippen LogP contribution in [-0.2, 0) is 11.2 Å². The summed E-state index contributed by atoms with van der Waals surface area (Å²) in [5.74, 6) is -0.300. The number of benzene rings is 1. The van der Waals surface area contributed by atoms with Crippen LogP contribution in [0.4, 0.5) is 0 Å². The Morgan fingerprint density at radius 3 is 2.15 bits per heavy atom. The molecule has 1 rings (SSSR count). The van der Waals surface area contributed by atoms with Crippen LogP contribution < -0.4 is 0 Å². The van der Waals surface area contributed by atoms with Crippen molar-refractivity contribution in [3.05, 3.63) is 21.7 Å². The lowest BCUT2D eigenvalue weighted by molar-refractivity contribution is -0.159. The van der Waals surface area contributed by atoms with Crippen LogP contribution in [0.15, 0.2) is 0 Å². The zero-order valence-corrected chi connectivity index (χ0v) is 17.6. The van der Waals surface area contributed by atoms with Crippen molar-refractivity contribution in [1.82, 2.24) is 0 Å². The molecule has 0 bridgehead atoms. The van der Waals surface area contributed by atoms with E-state index in [1.807, 2.05) is 20.8 Å². The van der Waals surface area contributed by atoms with Crippen molar-refractivity contribution in [2.75, 3.05) is 6.61 Å². The van der Waals surface area contributed by atoms with Crippen LogP contribution in [0.1, 0.15) is 80.8 Å². The van der Waals surface area contributed by atoms with E-state index in [0.29, 0.717) is 30.4 Å². The maximum absolute atomic E-state index is 11.1. The topological polar surface area (TPSA) is 87.0 Å². The van der Waals surface area contributed by atoms with E-state index in [2.05, 4.69) is 0 Å². The second-order valence-corrected chi connectivity index (χ2v) is 8.48. The van der Waals surface area contributed by atoms with Crippen LogP contribution >= 0.6 is 11.6 Å². The first-order valence-corrected chi connectivity index (χ1v) is 9.96. The molecule has 0 amide bonds. The zero-order valence-electron chi connectivity index (χ0n) is 16.8. The molecule has 1 aromatic rings. The molecule has 6 heteroatoms. The maximum Gasteiger partial charge on any atom is 0.159 e. The number of aliphatic hydroxyl groups excluding tert-OH is 1. The number of aliphatic hydroxyl groups is 1. The summed E-state index contributed by atoms with van der Waals surface area (Å²) < 4.78 is 5.42. The van der Waals surface area contributed by atoms with Crippen LogP contribution in [0.2, 0.25) is 5.02 Å². The number of rotatable bonds is 11. The van der Waals surface area contributed by atoms with Gasteiger partial charge in [-0.2, -0.15) is 0 Å². The number of aromatic hydroxyl groups is 2. The van der Waals surface area contributed by atoms with Crippen LogP contribution in [0, 0.1) is 12.3 Å². The molecule has 0 aliphatic carbocycles. The van der Waals surface area contributed by atoms with Gasteiger partial charge in [-0.1, -0.05) is 58.1 Å². The first-order valence-electron chi connectivity index (χ1n) is 9.59. The zero-order chi connectivity index (χ0) is 20.6. The third-order valence-electron chi connectivity index (χ3n) is 4.72. The molecule has 0 radical (unpaired) electrons. The van der Waals surface area contributed by atoms with E-state index in [4.69, 9.17) is 16.3 Å². The second kappa shape index (κ2) is 10.9. The Balaban J connectivity index is 2.30. The Labute approximate surface area is 167 Å². The fraction of sp³-hybridized carbons (Fsp3) is 0.667. The van der Waals surface area contributed by atoms with Crippen molar-refractivity contribution in [2.24, 2.45) is 5.41 Å². The van der Waals surface area contributed by atoms with Gasteiger partial charge in [0.2, 0.25) is 0 Å². The predicted molar refractivity (Wildman–Crippen MR) is 108 cm³/mol. The highest BCUT2D eigenvalue weighted by Crippen LogP contribution is 2.40. The first-order chi connectivity index (χ1) is 12.6. The number of carbonyl (C=O) groups excluding carboxylic acids is 1. The van der Waals surface area contributed by atoms with Gasteiger partial charge in [-0.3, -0.25) is 4.79 Å². The van der Waals surface area contributed by atoms with Gasteiger partial charge in [0.15, 0.2) is 12.6 Å². The van der Waals surface area contributed by atoms with Crippen molar-refractivity contribution in [2.45, 2.75) is 78.9 Å². The van der Waals surface area contributed by atoms with E-state index in [-0.39, 0.29) is 27.5 Å². The predicted octanol–water partition coefficient (Wildman–Crippen LogP) is 5.14. The van der Waals surface area contributed by atoms with Gasteiger partial charge in [0, 0.05) is 17.6 Å². The van der Waals surface area contributed by atoms with Gasteiger partial charge in [0.1, 0.15) is 11.5 Å². The van der Waals surface area contributed by atoms with Crippen LogP contribution in [-0.4, -0.2) is 34.5 Å². The van der Waals surface area contributed by atoms with Crippen molar-refractivity contribution in [3.8, 4) is 11.5 Å². The molecule has 0 spiro atoms. The van der Waals surface area contributed by atoms with Crippen LogP contribution in [0.25, 0.3) is 0 Å². The van der Waals surface area contributed by atoms with Gasteiger partial charge in [0.05, 0.1) is 10.6 Å². The molecule has 27 heavy (non-hydrogen) atoms. The SMILES string of the molecule is Cc1c(Cl)c(O)c(CCCCCCCCOC(O)C(C)(C)C)c(O)c1C=O. The van der Waals surface area contributed by atoms with E-state index >= 15 is 0 Å². The van der Waals surface area contributed by atoms with E-state index in [0.717, 1.165) is 38.5 Å². The summed E-state index contributed by atoms with van der Waals surface area (Å²) in [6, 6.07) is 0. The summed E-state index contributed by atoms with van der Waals surface area (Å²) in [6.07, 6.45) is 6.06. The van der Waals surface area contributed by atoms with Gasteiger partial charge in [-0.05, 0) is 31.7 Å². The highest BCUT2D eigenvalue weighted by Gasteiger charge is 2.22. The molecule has 0 aromatic heterocycles. The molecule has 0 fully saturated rings. The number of unbranched alkanes of at least 4 members (excludes halogenated alkanes) is 5. The summed E-state index contributed by atoms with van der Waals surface area (Å²) in [7, 11) is 0. The average Bonchev–Trinajstić information content (AvgIpc) is 2.60. The van der Waals surface area contributed by atoms with Crippen molar-refractivity contribution < 1.29 is 24.9 Å². The summed E-state index contributed by atoms with van der Waals surface area (Å²) in [4.78, 5) is 11.1. The summed E-state index contributed by atoms with van der Waals surface area (Å²) in [6.45, 7) is 7.96. The molecule has 5 nitrogen and oxygen atoms in total. The Hall–Kier alpha value is -1.30. The van der Waals surface area contributed by atoms with E-state index in [1.165, 1.54) is 0 Å². The quantitative estimate of drug-likeness (QED) is 0.272. The smallest absolute Gasteiger partial charge is 0.159 e. The summed E-state index contributed by atoms with van der Waals surface area (Å²) >= 11 is 6.05. The van der Waals surface area contributed by atoms with Gasteiger partial charge >= 0.3 is 0 Å².